The zero-order chi connectivity index (χ0) is 15.6. The first-order valence-corrected chi connectivity index (χ1v) is 10.1. The van der Waals surface area contributed by atoms with E-state index >= 15 is 0 Å². The Morgan fingerprint density at radius 3 is 1.64 bits per heavy atom. The molecule has 0 N–H and O–H groups in total. The van der Waals surface area contributed by atoms with Crippen LogP contribution in [0.2, 0.25) is 0 Å². The van der Waals surface area contributed by atoms with Gasteiger partial charge < -0.3 is 0 Å². The SMILES string of the molecule is CCC=C[C@H]1CC[C@H](CC=CC[C@H]2CC[C@H](CC)CC2)CC1. The molecule has 0 saturated heterocycles. The molecule has 0 radical (unpaired) electrons. The van der Waals surface area contributed by atoms with Crippen molar-refractivity contribution in [1.29, 1.82) is 0 Å². The Morgan fingerprint density at radius 2 is 1.14 bits per heavy atom. The van der Waals surface area contributed by atoms with Gasteiger partial charge in [0.25, 0.3) is 0 Å². The Hall–Kier alpha value is -0.520. The minimum Gasteiger partial charge on any atom is -0.0885 e. The summed E-state index contributed by atoms with van der Waals surface area (Å²) in [5.74, 6) is 3.89. The minimum atomic E-state index is 0.883. The highest BCUT2D eigenvalue weighted by Gasteiger charge is 2.19. The van der Waals surface area contributed by atoms with Gasteiger partial charge in [-0.2, -0.15) is 0 Å². The fourth-order valence-electron chi connectivity index (χ4n) is 4.40. The lowest BCUT2D eigenvalue weighted by molar-refractivity contribution is 0.270. The van der Waals surface area contributed by atoms with Gasteiger partial charge in [-0.15, -0.1) is 0 Å². The predicted octanol–water partition coefficient (Wildman–Crippen LogP) is 7.31. The first-order valence-electron chi connectivity index (χ1n) is 10.1. The van der Waals surface area contributed by atoms with Crippen molar-refractivity contribution in [2.75, 3.05) is 0 Å². The summed E-state index contributed by atoms with van der Waals surface area (Å²) < 4.78 is 0. The molecule has 0 amide bonds. The molecule has 0 bridgehead atoms. The van der Waals surface area contributed by atoms with Gasteiger partial charge in [0.15, 0.2) is 0 Å². The lowest BCUT2D eigenvalue weighted by Crippen LogP contribution is -2.13. The molecule has 0 heteroatoms. The van der Waals surface area contributed by atoms with E-state index in [1.165, 1.54) is 77.0 Å². The average Bonchev–Trinajstić information content (AvgIpc) is 2.58. The summed E-state index contributed by atoms with van der Waals surface area (Å²) in [7, 11) is 0. The van der Waals surface area contributed by atoms with Crippen molar-refractivity contribution in [3.63, 3.8) is 0 Å². The van der Waals surface area contributed by atoms with Gasteiger partial charge in [0.1, 0.15) is 0 Å². The van der Waals surface area contributed by atoms with Crippen LogP contribution in [-0.2, 0) is 0 Å². The third kappa shape index (κ3) is 6.31. The van der Waals surface area contributed by atoms with Crippen molar-refractivity contribution in [2.45, 2.75) is 90.9 Å². The fraction of sp³-hybridized carbons (Fsp3) is 0.818. The van der Waals surface area contributed by atoms with E-state index < -0.39 is 0 Å². The van der Waals surface area contributed by atoms with Crippen LogP contribution >= 0.6 is 0 Å². The maximum atomic E-state index is 2.51. The summed E-state index contributed by atoms with van der Waals surface area (Å²) in [4.78, 5) is 0. The van der Waals surface area contributed by atoms with E-state index in [0.717, 1.165) is 23.7 Å². The van der Waals surface area contributed by atoms with E-state index in [1.807, 2.05) is 0 Å². The highest BCUT2D eigenvalue weighted by Crippen LogP contribution is 2.34. The molecule has 0 aromatic heterocycles. The zero-order valence-electron chi connectivity index (χ0n) is 15.1. The van der Waals surface area contributed by atoms with Gasteiger partial charge in [-0.05, 0) is 81.5 Å². The van der Waals surface area contributed by atoms with Crippen molar-refractivity contribution in [3.8, 4) is 0 Å². The predicted molar refractivity (Wildman–Crippen MR) is 99.0 cm³/mol. The van der Waals surface area contributed by atoms with Gasteiger partial charge in [-0.1, -0.05) is 57.4 Å². The molecule has 0 unspecified atom stereocenters. The van der Waals surface area contributed by atoms with E-state index in [-0.39, 0.29) is 0 Å². The van der Waals surface area contributed by atoms with Crippen molar-refractivity contribution >= 4 is 0 Å². The molecule has 2 fully saturated rings. The Balaban J connectivity index is 1.56. The van der Waals surface area contributed by atoms with Crippen LogP contribution in [0.15, 0.2) is 24.3 Å². The van der Waals surface area contributed by atoms with Gasteiger partial charge in [0.05, 0.1) is 0 Å². The second-order valence-corrected chi connectivity index (χ2v) is 7.86. The molecule has 0 heterocycles. The second kappa shape index (κ2) is 10.3. The smallest absolute Gasteiger partial charge is 0.0233 e. The highest BCUT2D eigenvalue weighted by atomic mass is 14.3. The van der Waals surface area contributed by atoms with E-state index in [2.05, 4.69) is 38.2 Å². The molecule has 2 aliphatic carbocycles. The van der Waals surface area contributed by atoms with Gasteiger partial charge >= 0.3 is 0 Å². The standard InChI is InChI=1S/C22H38/c1-3-5-8-20-15-17-22(18-16-20)10-7-6-9-21-13-11-19(4-2)12-14-21/h5-8,19-22H,3-4,9-18H2,1-2H3/t19-,20-,21-,22-. The summed E-state index contributed by atoms with van der Waals surface area (Å²) in [6, 6.07) is 0. The summed E-state index contributed by atoms with van der Waals surface area (Å²) in [6.07, 6.45) is 26.8. The Morgan fingerprint density at radius 1 is 0.636 bits per heavy atom. The molecule has 22 heavy (non-hydrogen) atoms. The minimum absolute atomic E-state index is 0.883. The first-order chi connectivity index (χ1) is 10.8. The largest absolute Gasteiger partial charge is 0.0885 e. The van der Waals surface area contributed by atoms with Crippen LogP contribution in [0.3, 0.4) is 0 Å². The molecule has 0 nitrogen and oxygen atoms in total. The van der Waals surface area contributed by atoms with Crippen molar-refractivity contribution in [1.82, 2.24) is 0 Å². The summed E-state index contributed by atoms with van der Waals surface area (Å²) in [5.41, 5.74) is 0. The summed E-state index contributed by atoms with van der Waals surface area (Å²) in [5, 5.41) is 0. The third-order valence-corrected chi connectivity index (χ3v) is 6.18. The monoisotopic (exact) mass is 302 g/mol. The van der Waals surface area contributed by atoms with E-state index in [0.29, 0.717) is 0 Å². The molecule has 0 atom stereocenters. The summed E-state index contributed by atoms with van der Waals surface area (Å²) in [6.45, 7) is 4.60. The molecule has 0 aromatic carbocycles. The van der Waals surface area contributed by atoms with Crippen LogP contribution in [0, 0.1) is 23.7 Å². The van der Waals surface area contributed by atoms with Crippen LogP contribution in [0.4, 0.5) is 0 Å². The lowest BCUT2D eigenvalue weighted by atomic mass is 9.79. The Labute approximate surface area is 139 Å². The maximum absolute atomic E-state index is 2.51. The third-order valence-electron chi connectivity index (χ3n) is 6.18. The van der Waals surface area contributed by atoms with Gasteiger partial charge in [-0.3, -0.25) is 0 Å². The second-order valence-electron chi connectivity index (χ2n) is 7.86. The quantitative estimate of drug-likeness (QED) is 0.432. The summed E-state index contributed by atoms with van der Waals surface area (Å²) >= 11 is 0. The zero-order valence-corrected chi connectivity index (χ0v) is 15.1. The maximum Gasteiger partial charge on any atom is -0.0233 e. The van der Waals surface area contributed by atoms with E-state index in [9.17, 15) is 0 Å². The molecule has 2 saturated carbocycles. The topological polar surface area (TPSA) is 0 Å². The molecular weight excluding hydrogens is 264 g/mol. The van der Waals surface area contributed by atoms with Gasteiger partial charge in [0, 0.05) is 0 Å². The lowest BCUT2D eigenvalue weighted by Gasteiger charge is -2.27. The highest BCUT2D eigenvalue weighted by molar-refractivity contribution is 4.93. The van der Waals surface area contributed by atoms with Gasteiger partial charge in [-0.25, -0.2) is 0 Å². The van der Waals surface area contributed by atoms with Crippen molar-refractivity contribution in [2.24, 2.45) is 23.7 Å². The number of hydrogen-bond acceptors (Lipinski definition) is 0. The molecule has 0 aliphatic heterocycles. The van der Waals surface area contributed by atoms with Crippen molar-refractivity contribution in [3.05, 3.63) is 24.3 Å². The molecule has 0 spiro atoms. The Kier molecular flexibility index (Phi) is 8.34. The molecule has 2 aliphatic rings. The molecule has 0 aromatic rings. The first kappa shape index (κ1) is 17.8. The van der Waals surface area contributed by atoms with Crippen LogP contribution in [0.5, 0.6) is 0 Å². The van der Waals surface area contributed by atoms with Crippen LogP contribution < -0.4 is 0 Å². The van der Waals surface area contributed by atoms with Crippen LogP contribution in [0.1, 0.15) is 90.9 Å². The number of hydrogen-bond donors (Lipinski definition) is 0. The average molecular weight is 303 g/mol. The number of rotatable bonds is 7. The molecular formula is C22H38. The van der Waals surface area contributed by atoms with Crippen molar-refractivity contribution < 1.29 is 0 Å². The fourth-order valence-corrected chi connectivity index (χ4v) is 4.40. The normalized spacial score (nSPS) is 33.7. The Bertz CT molecular complexity index is 322. The van der Waals surface area contributed by atoms with E-state index in [1.54, 1.807) is 0 Å². The molecule has 2 rings (SSSR count). The van der Waals surface area contributed by atoms with E-state index in [4.69, 9.17) is 0 Å². The van der Waals surface area contributed by atoms with Gasteiger partial charge in [0.2, 0.25) is 0 Å². The van der Waals surface area contributed by atoms with Crippen LogP contribution in [-0.4, -0.2) is 0 Å². The molecule has 126 valence electrons. The number of allylic oxidation sites excluding steroid dienone is 4. The van der Waals surface area contributed by atoms with Crippen LogP contribution in [0.25, 0.3) is 0 Å².